The smallest absolute Gasteiger partial charge is 0.340 e. The molecule has 2 nitrogen and oxygen atoms in total. The van der Waals surface area contributed by atoms with Crippen molar-refractivity contribution in [3.63, 3.8) is 0 Å². The van der Waals surface area contributed by atoms with E-state index in [1.807, 2.05) is 0 Å². The number of rotatable bonds is 5. The maximum absolute atomic E-state index is 12.6. The first-order valence-electron chi connectivity index (χ1n) is 4.64. The highest BCUT2D eigenvalue weighted by atomic mass is 35.5. The first-order chi connectivity index (χ1) is 7.88. The SMILES string of the molecule is NCc1c(Cl)cccc1OCC(F)(F)C(F)F. The highest BCUT2D eigenvalue weighted by Gasteiger charge is 2.41. The van der Waals surface area contributed by atoms with Crippen LogP contribution in [-0.4, -0.2) is 19.0 Å². The molecule has 0 aliphatic rings. The number of ether oxygens (including phenoxy) is 1. The van der Waals surface area contributed by atoms with Crippen molar-refractivity contribution >= 4 is 11.6 Å². The molecule has 0 aliphatic heterocycles. The Kier molecular flexibility index (Phi) is 4.59. The summed E-state index contributed by atoms with van der Waals surface area (Å²) in [6.45, 7) is -1.45. The molecule has 2 N–H and O–H groups in total. The van der Waals surface area contributed by atoms with Crippen LogP contribution in [0.25, 0.3) is 0 Å². The normalized spacial score (nSPS) is 11.9. The molecule has 0 atom stereocenters. The summed E-state index contributed by atoms with van der Waals surface area (Å²) >= 11 is 5.75. The van der Waals surface area contributed by atoms with Gasteiger partial charge in [0, 0.05) is 17.1 Å². The number of halogens is 5. The van der Waals surface area contributed by atoms with Crippen LogP contribution in [0.4, 0.5) is 17.6 Å². The molecule has 0 aromatic heterocycles. The number of hydrogen-bond acceptors (Lipinski definition) is 2. The molecule has 0 radical (unpaired) electrons. The number of hydrogen-bond donors (Lipinski definition) is 1. The van der Waals surface area contributed by atoms with Gasteiger partial charge in [0.2, 0.25) is 0 Å². The summed E-state index contributed by atoms with van der Waals surface area (Å²) in [6, 6.07) is 4.30. The molecular formula is C10H10ClF4NO. The van der Waals surface area contributed by atoms with Gasteiger partial charge in [0.25, 0.3) is 0 Å². The lowest BCUT2D eigenvalue weighted by molar-refractivity contribution is -0.148. The van der Waals surface area contributed by atoms with Gasteiger partial charge in [-0.05, 0) is 12.1 Å². The summed E-state index contributed by atoms with van der Waals surface area (Å²) in [4.78, 5) is 0. The fraction of sp³-hybridized carbons (Fsp3) is 0.400. The van der Waals surface area contributed by atoms with Crippen molar-refractivity contribution in [3.8, 4) is 5.75 Å². The fourth-order valence-corrected chi connectivity index (χ4v) is 1.35. The van der Waals surface area contributed by atoms with Gasteiger partial charge in [0.1, 0.15) is 5.75 Å². The molecule has 0 heterocycles. The third kappa shape index (κ3) is 3.47. The molecule has 0 aliphatic carbocycles. The lowest BCUT2D eigenvalue weighted by atomic mass is 10.2. The number of nitrogens with two attached hydrogens (primary N) is 1. The Bertz CT molecular complexity index is 387. The van der Waals surface area contributed by atoms with Crippen molar-refractivity contribution in [2.75, 3.05) is 6.61 Å². The first kappa shape index (κ1) is 14.1. The van der Waals surface area contributed by atoms with E-state index in [-0.39, 0.29) is 17.3 Å². The van der Waals surface area contributed by atoms with E-state index in [0.717, 1.165) is 0 Å². The molecule has 7 heteroatoms. The first-order valence-corrected chi connectivity index (χ1v) is 5.02. The van der Waals surface area contributed by atoms with Crippen molar-refractivity contribution in [2.45, 2.75) is 18.9 Å². The van der Waals surface area contributed by atoms with Gasteiger partial charge in [-0.3, -0.25) is 0 Å². The van der Waals surface area contributed by atoms with Crippen molar-refractivity contribution in [1.82, 2.24) is 0 Å². The minimum absolute atomic E-state index is 0.0136. The molecule has 0 bridgehead atoms. The average Bonchev–Trinajstić information content (AvgIpc) is 2.26. The molecule has 1 aromatic rings. The van der Waals surface area contributed by atoms with Crippen molar-refractivity contribution < 1.29 is 22.3 Å². The second kappa shape index (κ2) is 5.55. The average molecular weight is 272 g/mol. The molecule has 0 saturated carbocycles. The second-order valence-corrected chi connectivity index (χ2v) is 3.68. The third-order valence-electron chi connectivity index (χ3n) is 2.02. The Morgan fingerprint density at radius 3 is 2.53 bits per heavy atom. The van der Waals surface area contributed by atoms with Crippen LogP contribution in [0.2, 0.25) is 5.02 Å². The number of alkyl halides is 4. The van der Waals surface area contributed by atoms with E-state index in [2.05, 4.69) is 4.74 Å². The molecule has 0 spiro atoms. The summed E-state index contributed by atoms with van der Waals surface area (Å²) in [7, 11) is 0. The van der Waals surface area contributed by atoms with Crippen LogP contribution in [-0.2, 0) is 6.54 Å². The van der Waals surface area contributed by atoms with E-state index in [4.69, 9.17) is 17.3 Å². The molecule has 1 rings (SSSR count). The van der Waals surface area contributed by atoms with Gasteiger partial charge < -0.3 is 10.5 Å². The Balaban J connectivity index is 2.79. The van der Waals surface area contributed by atoms with E-state index in [9.17, 15) is 17.6 Å². The molecule has 0 fully saturated rings. The maximum Gasteiger partial charge on any atom is 0.340 e. The summed E-state index contributed by atoms with van der Waals surface area (Å²) in [5, 5.41) is 0.241. The molecule has 0 saturated heterocycles. The van der Waals surface area contributed by atoms with Gasteiger partial charge in [-0.1, -0.05) is 17.7 Å². The van der Waals surface area contributed by atoms with Gasteiger partial charge in [0.15, 0.2) is 6.61 Å². The Morgan fingerprint density at radius 1 is 1.35 bits per heavy atom. The van der Waals surface area contributed by atoms with Crippen LogP contribution in [0.1, 0.15) is 5.56 Å². The van der Waals surface area contributed by atoms with Crippen LogP contribution < -0.4 is 10.5 Å². The minimum atomic E-state index is -4.20. The lowest BCUT2D eigenvalue weighted by Crippen LogP contribution is -2.34. The standard InChI is InChI=1S/C10H10ClF4NO/c11-7-2-1-3-8(6(7)4-16)17-5-10(14,15)9(12)13/h1-3,9H,4-5,16H2. The molecule has 0 amide bonds. The highest BCUT2D eigenvalue weighted by Crippen LogP contribution is 2.29. The van der Waals surface area contributed by atoms with Crippen molar-refractivity contribution in [2.24, 2.45) is 5.73 Å². The van der Waals surface area contributed by atoms with E-state index in [0.29, 0.717) is 5.56 Å². The zero-order chi connectivity index (χ0) is 13.1. The van der Waals surface area contributed by atoms with Crippen molar-refractivity contribution in [1.29, 1.82) is 0 Å². The largest absolute Gasteiger partial charge is 0.487 e. The molecule has 96 valence electrons. The summed E-state index contributed by atoms with van der Waals surface area (Å²) in [6.07, 6.45) is -3.77. The number of benzene rings is 1. The minimum Gasteiger partial charge on any atom is -0.487 e. The lowest BCUT2D eigenvalue weighted by Gasteiger charge is -2.17. The van der Waals surface area contributed by atoms with Crippen LogP contribution >= 0.6 is 11.6 Å². The molecule has 17 heavy (non-hydrogen) atoms. The second-order valence-electron chi connectivity index (χ2n) is 3.27. The highest BCUT2D eigenvalue weighted by molar-refractivity contribution is 6.31. The van der Waals surface area contributed by atoms with Crippen LogP contribution in [0.3, 0.4) is 0 Å². The predicted octanol–water partition coefficient (Wildman–Crippen LogP) is 3.08. The summed E-state index contributed by atoms with van der Waals surface area (Å²) in [5.74, 6) is -4.21. The topological polar surface area (TPSA) is 35.2 Å². The van der Waals surface area contributed by atoms with Gasteiger partial charge in [-0.25, -0.2) is 8.78 Å². The fourth-order valence-electron chi connectivity index (χ4n) is 1.11. The third-order valence-corrected chi connectivity index (χ3v) is 2.37. The van der Waals surface area contributed by atoms with Crippen LogP contribution in [0.15, 0.2) is 18.2 Å². The zero-order valence-corrected chi connectivity index (χ0v) is 9.35. The van der Waals surface area contributed by atoms with E-state index >= 15 is 0 Å². The molecule has 1 aromatic carbocycles. The predicted molar refractivity (Wildman–Crippen MR) is 55.8 cm³/mol. The van der Waals surface area contributed by atoms with Gasteiger partial charge in [-0.15, -0.1) is 0 Å². The Hall–Kier alpha value is -1.01. The Morgan fingerprint density at radius 2 is 2.00 bits per heavy atom. The van der Waals surface area contributed by atoms with Gasteiger partial charge >= 0.3 is 12.3 Å². The van der Waals surface area contributed by atoms with E-state index in [1.165, 1.54) is 18.2 Å². The van der Waals surface area contributed by atoms with Crippen LogP contribution in [0.5, 0.6) is 5.75 Å². The molecule has 0 unspecified atom stereocenters. The zero-order valence-electron chi connectivity index (χ0n) is 8.60. The van der Waals surface area contributed by atoms with Crippen molar-refractivity contribution in [3.05, 3.63) is 28.8 Å². The van der Waals surface area contributed by atoms with Crippen LogP contribution in [0, 0.1) is 0 Å². The van der Waals surface area contributed by atoms with E-state index < -0.39 is 19.0 Å². The van der Waals surface area contributed by atoms with Gasteiger partial charge in [-0.2, -0.15) is 8.78 Å². The summed E-state index contributed by atoms with van der Waals surface area (Å²) < 4.78 is 53.7. The maximum atomic E-state index is 12.6. The van der Waals surface area contributed by atoms with E-state index in [1.54, 1.807) is 0 Å². The van der Waals surface area contributed by atoms with Gasteiger partial charge in [0.05, 0.1) is 0 Å². The Labute approximate surface area is 100 Å². The molecular weight excluding hydrogens is 262 g/mol. The quantitative estimate of drug-likeness (QED) is 0.836. The monoisotopic (exact) mass is 271 g/mol. The summed E-state index contributed by atoms with van der Waals surface area (Å²) in [5.41, 5.74) is 5.66.